The molecule has 0 atom stereocenters. The molecule has 0 spiro atoms. The van der Waals surface area contributed by atoms with Crippen molar-refractivity contribution in [3.63, 3.8) is 0 Å². The summed E-state index contributed by atoms with van der Waals surface area (Å²) >= 11 is 0. The van der Waals surface area contributed by atoms with E-state index >= 15 is 0 Å². The summed E-state index contributed by atoms with van der Waals surface area (Å²) in [5.41, 5.74) is 5.87. The van der Waals surface area contributed by atoms with Crippen LogP contribution in [0.4, 0.5) is 11.4 Å². The standard InChI is InChI=1S/C23H24N2/c1-3-19-10-14-22(15-11-19)25(23-16-12-20(4-2)13-17-23)24-18-21-8-6-5-7-9-21/h5-18H,3-4H2,1-2H3/b24-18+. The summed E-state index contributed by atoms with van der Waals surface area (Å²) in [4.78, 5) is 0. The van der Waals surface area contributed by atoms with Crippen LogP contribution in [0.2, 0.25) is 0 Å². The molecule has 3 rings (SSSR count). The van der Waals surface area contributed by atoms with Crippen LogP contribution in [-0.2, 0) is 12.8 Å². The number of aryl methyl sites for hydroxylation is 2. The number of hydrogen-bond donors (Lipinski definition) is 0. The molecule has 25 heavy (non-hydrogen) atoms. The van der Waals surface area contributed by atoms with Gasteiger partial charge in [-0.3, -0.25) is 0 Å². The molecule has 0 aliphatic heterocycles. The van der Waals surface area contributed by atoms with Gasteiger partial charge in [0.2, 0.25) is 0 Å². The third kappa shape index (κ3) is 4.36. The first-order valence-electron chi connectivity index (χ1n) is 8.87. The summed E-state index contributed by atoms with van der Waals surface area (Å²) in [5, 5.41) is 6.75. The van der Waals surface area contributed by atoms with Crippen molar-refractivity contribution in [2.24, 2.45) is 5.10 Å². The molecule has 0 saturated carbocycles. The Morgan fingerprint density at radius 3 is 1.60 bits per heavy atom. The average molecular weight is 328 g/mol. The zero-order valence-corrected chi connectivity index (χ0v) is 14.9. The Morgan fingerprint density at radius 2 is 1.16 bits per heavy atom. The monoisotopic (exact) mass is 328 g/mol. The molecule has 0 fully saturated rings. The highest BCUT2D eigenvalue weighted by Crippen LogP contribution is 2.26. The van der Waals surface area contributed by atoms with Crippen LogP contribution < -0.4 is 5.01 Å². The Balaban J connectivity index is 1.95. The van der Waals surface area contributed by atoms with Crippen molar-refractivity contribution in [2.75, 3.05) is 5.01 Å². The maximum Gasteiger partial charge on any atom is 0.0652 e. The first-order valence-corrected chi connectivity index (χ1v) is 8.87. The summed E-state index contributed by atoms with van der Waals surface area (Å²) in [6, 6.07) is 27.4. The second-order valence-electron chi connectivity index (χ2n) is 6.01. The highest BCUT2D eigenvalue weighted by atomic mass is 15.5. The second-order valence-corrected chi connectivity index (χ2v) is 6.01. The Hall–Kier alpha value is -2.87. The zero-order chi connectivity index (χ0) is 17.5. The largest absolute Gasteiger partial charge is 0.234 e. The number of anilines is 2. The molecule has 3 aromatic rings. The maximum atomic E-state index is 4.75. The van der Waals surface area contributed by atoms with Crippen LogP contribution in [0.5, 0.6) is 0 Å². The molecule has 0 saturated heterocycles. The molecule has 2 nitrogen and oxygen atoms in total. The van der Waals surface area contributed by atoms with Gasteiger partial charge in [0, 0.05) is 0 Å². The van der Waals surface area contributed by atoms with Gasteiger partial charge in [-0.15, -0.1) is 0 Å². The average Bonchev–Trinajstić information content (AvgIpc) is 2.70. The van der Waals surface area contributed by atoms with E-state index < -0.39 is 0 Å². The molecule has 126 valence electrons. The van der Waals surface area contributed by atoms with Crippen molar-refractivity contribution in [3.05, 3.63) is 95.6 Å². The third-order valence-electron chi connectivity index (χ3n) is 4.30. The van der Waals surface area contributed by atoms with E-state index in [1.165, 1.54) is 11.1 Å². The molecule has 0 heterocycles. The third-order valence-corrected chi connectivity index (χ3v) is 4.30. The molecule has 0 unspecified atom stereocenters. The van der Waals surface area contributed by atoms with Gasteiger partial charge in [0.25, 0.3) is 0 Å². The van der Waals surface area contributed by atoms with Crippen molar-refractivity contribution in [1.29, 1.82) is 0 Å². The van der Waals surface area contributed by atoms with Gasteiger partial charge in [-0.1, -0.05) is 68.4 Å². The highest BCUT2D eigenvalue weighted by molar-refractivity contribution is 5.81. The number of benzene rings is 3. The van der Waals surface area contributed by atoms with Crippen LogP contribution >= 0.6 is 0 Å². The van der Waals surface area contributed by atoms with E-state index in [9.17, 15) is 0 Å². The molecule has 0 radical (unpaired) electrons. The topological polar surface area (TPSA) is 15.6 Å². The van der Waals surface area contributed by atoms with Crippen molar-refractivity contribution < 1.29 is 0 Å². The second kappa shape index (κ2) is 8.29. The van der Waals surface area contributed by atoms with Crippen LogP contribution in [0.3, 0.4) is 0 Å². The Morgan fingerprint density at radius 1 is 0.680 bits per heavy atom. The van der Waals surface area contributed by atoms with Gasteiger partial charge in [-0.2, -0.15) is 5.10 Å². The van der Waals surface area contributed by atoms with Crippen molar-refractivity contribution in [1.82, 2.24) is 0 Å². The van der Waals surface area contributed by atoms with Crippen molar-refractivity contribution >= 4 is 17.6 Å². The van der Waals surface area contributed by atoms with Crippen LogP contribution in [0.15, 0.2) is 84.0 Å². The van der Waals surface area contributed by atoms with Gasteiger partial charge >= 0.3 is 0 Å². The molecule has 0 amide bonds. The van der Waals surface area contributed by atoms with Crippen LogP contribution in [0.1, 0.15) is 30.5 Å². The fraction of sp³-hybridized carbons (Fsp3) is 0.174. The molecule has 2 heteroatoms. The first kappa shape index (κ1) is 17.0. The van der Waals surface area contributed by atoms with E-state index in [-0.39, 0.29) is 0 Å². The lowest BCUT2D eigenvalue weighted by atomic mass is 10.1. The molecule has 0 aliphatic rings. The van der Waals surface area contributed by atoms with Crippen molar-refractivity contribution in [3.8, 4) is 0 Å². The number of hydrogen-bond acceptors (Lipinski definition) is 2. The summed E-state index contributed by atoms with van der Waals surface area (Å²) < 4.78 is 0. The highest BCUT2D eigenvalue weighted by Gasteiger charge is 2.08. The summed E-state index contributed by atoms with van der Waals surface area (Å²) in [6.07, 6.45) is 3.99. The minimum Gasteiger partial charge on any atom is -0.234 e. The number of rotatable bonds is 6. The van der Waals surface area contributed by atoms with Gasteiger partial charge < -0.3 is 0 Å². The van der Waals surface area contributed by atoms with Gasteiger partial charge in [0.05, 0.1) is 17.6 Å². The molecule has 0 bridgehead atoms. The normalized spacial score (nSPS) is 11.0. The van der Waals surface area contributed by atoms with E-state index in [0.717, 1.165) is 29.8 Å². The maximum absolute atomic E-state index is 4.75. The Labute approximate surface area is 150 Å². The van der Waals surface area contributed by atoms with E-state index in [4.69, 9.17) is 5.10 Å². The van der Waals surface area contributed by atoms with Crippen LogP contribution in [0.25, 0.3) is 0 Å². The smallest absolute Gasteiger partial charge is 0.0652 e. The first-order chi connectivity index (χ1) is 12.3. The van der Waals surface area contributed by atoms with Crippen molar-refractivity contribution in [2.45, 2.75) is 26.7 Å². The SMILES string of the molecule is CCc1ccc(N(/N=C/c2ccccc2)c2ccc(CC)cc2)cc1. The summed E-state index contributed by atoms with van der Waals surface area (Å²) in [6.45, 7) is 4.34. The van der Waals surface area contributed by atoms with E-state index in [1.807, 2.05) is 29.4 Å². The quantitative estimate of drug-likeness (QED) is 0.401. The molecule has 0 N–H and O–H groups in total. The summed E-state index contributed by atoms with van der Waals surface area (Å²) in [5.74, 6) is 0. The van der Waals surface area contributed by atoms with E-state index in [2.05, 4.69) is 74.5 Å². The van der Waals surface area contributed by atoms with Gasteiger partial charge in [-0.25, -0.2) is 5.01 Å². The predicted octanol–water partition coefficient (Wildman–Crippen LogP) is 5.98. The fourth-order valence-corrected chi connectivity index (χ4v) is 2.69. The summed E-state index contributed by atoms with van der Waals surface area (Å²) in [7, 11) is 0. The molecular weight excluding hydrogens is 304 g/mol. The van der Waals surface area contributed by atoms with Gasteiger partial charge in [-0.05, 0) is 53.8 Å². The van der Waals surface area contributed by atoms with E-state index in [0.29, 0.717) is 0 Å². The van der Waals surface area contributed by atoms with Crippen LogP contribution in [0, 0.1) is 0 Å². The molecule has 0 aliphatic carbocycles. The minimum atomic E-state index is 1.04. The Bertz CT molecular complexity index is 755. The molecule has 3 aromatic carbocycles. The predicted molar refractivity (Wildman–Crippen MR) is 108 cm³/mol. The Kier molecular flexibility index (Phi) is 5.63. The zero-order valence-electron chi connectivity index (χ0n) is 14.9. The van der Waals surface area contributed by atoms with Gasteiger partial charge in [0.15, 0.2) is 0 Å². The fourth-order valence-electron chi connectivity index (χ4n) is 2.69. The lowest BCUT2D eigenvalue weighted by molar-refractivity contribution is 1.07. The minimum absolute atomic E-state index is 1.04. The molecular formula is C23H24N2. The lowest BCUT2D eigenvalue weighted by Gasteiger charge is -2.20. The lowest BCUT2D eigenvalue weighted by Crippen LogP contribution is -2.09. The number of nitrogens with zero attached hydrogens (tertiary/aromatic N) is 2. The number of hydrazone groups is 1. The van der Waals surface area contributed by atoms with E-state index in [1.54, 1.807) is 0 Å². The molecule has 0 aromatic heterocycles. The van der Waals surface area contributed by atoms with Crippen LogP contribution in [-0.4, -0.2) is 6.21 Å². The van der Waals surface area contributed by atoms with Gasteiger partial charge in [0.1, 0.15) is 0 Å².